The molecule has 0 bridgehead atoms. The van der Waals surface area contributed by atoms with E-state index < -0.39 is 0 Å². The van der Waals surface area contributed by atoms with E-state index in [9.17, 15) is 0 Å². The molecule has 1 aliphatic heterocycles. The van der Waals surface area contributed by atoms with Crippen LogP contribution in [-0.4, -0.2) is 24.0 Å². The van der Waals surface area contributed by atoms with Gasteiger partial charge in [-0.2, -0.15) is 0 Å². The van der Waals surface area contributed by atoms with Crippen molar-refractivity contribution in [3.63, 3.8) is 0 Å². The lowest BCUT2D eigenvalue weighted by atomic mass is 10.4. The highest BCUT2D eigenvalue weighted by Crippen LogP contribution is 2.23. The molecule has 0 unspecified atom stereocenters. The van der Waals surface area contributed by atoms with Crippen LogP contribution < -0.4 is 10.6 Å². The van der Waals surface area contributed by atoms with Gasteiger partial charge in [-0.05, 0) is 17.9 Å². The molecule has 0 amide bonds. The molecule has 2 N–H and O–H groups in total. The summed E-state index contributed by atoms with van der Waals surface area (Å²) in [6, 6.07) is 3.99. The topological polar surface area (TPSA) is 62.5 Å². The quantitative estimate of drug-likeness (QED) is 0.886. The molecule has 2 aromatic rings. The first-order valence-electron chi connectivity index (χ1n) is 5.92. The molecule has 0 atom stereocenters. The second-order valence-electron chi connectivity index (χ2n) is 3.99. The molecule has 0 radical (unpaired) electrons. The Labute approximate surface area is 109 Å². The molecule has 0 saturated heterocycles. The predicted molar refractivity (Wildman–Crippen MR) is 71.6 cm³/mol. The SMILES string of the molecule is c1csc(-c2nc(CNC3=NCCCN3)co2)c1. The van der Waals surface area contributed by atoms with E-state index in [1.54, 1.807) is 17.6 Å². The number of thiophene rings is 1. The maximum atomic E-state index is 5.45. The molecule has 6 heteroatoms. The van der Waals surface area contributed by atoms with Gasteiger partial charge in [0.1, 0.15) is 6.26 Å². The molecule has 3 heterocycles. The summed E-state index contributed by atoms with van der Waals surface area (Å²) in [6.45, 7) is 2.49. The van der Waals surface area contributed by atoms with E-state index >= 15 is 0 Å². The lowest BCUT2D eigenvalue weighted by Crippen LogP contribution is -2.40. The van der Waals surface area contributed by atoms with Crippen molar-refractivity contribution in [2.24, 2.45) is 4.99 Å². The van der Waals surface area contributed by atoms with Crippen molar-refractivity contribution >= 4 is 17.3 Å². The van der Waals surface area contributed by atoms with Crippen molar-refractivity contribution in [3.8, 4) is 10.8 Å². The minimum Gasteiger partial charge on any atom is -0.443 e. The van der Waals surface area contributed by atoms with Crippen molar-refractivity contribution in [1.29, 1.82) is 0 Å². The number of aliphatic imine (C=N–C) groups is 1. The molecule has 0 saturated carbocycles. The first kappa shape index (κ1) is 11.3. The summed E-state index contributed by atoms with van der Waals surface area (Å²) in [5.41, 5.74) is 0.883. The highest BCUT2D eigenvalue weighted by atomic mass is 32.1. The first-order chi connectivity index (χ1) is 8.92. The van der Waals surface area contributed by atoms with Crippen LogP contribution in [0.15, 0.2) is 33.2 Å². The Hall–Kier alpha value is -1.82. The van der Waals surface area contributed by atoms with Gasteiger partial charge in [-0.3, -0.25) is 4.99 Å². The molecule has 0 aliphatic carbocycles. The molecule has 3 rings (SSSR count). The maximum Gasteiger partial charge on any atom is 0.236 e. The zero-order chi connectivity index (χ0) is 12.2. The van der Waals surface area contributed by atoms with Gasteiger partial charge in [-0.15, -0.1) is 11.3 Å². The van der Waals surface area contributed by atoms with E-state index in [0.29, 0.717) is 12.4 Å². The van der Waals surface area contributed by atoms with Gasteiger partial charge >= 0.3 is 0 Å². The minimum atomic E-state index is 0.626. The van der Waals surface area contributed by atoms with Gasteiger partial charge in [0.15, 0.2) is 5.96 Å². The van der Waals surface area contributed by atoms with Gasteiger partial charge in [-0.1, -0.05) is 6.07 Å². The Morgan fingerprint density at radius 2 is 2.50 bits per heavy atom. The molecule has 0 aromatic carbocycles. The van der Waals surface area contributed by atoms with Crippen molar-refractivity contribution in [2.45, 2.75) is 13.0 Å². The van der Waals surface area contributed by atoms with E-state index in [-0.39, 0.29) is 0 Å². The molecule has 0 fully saturated rings. The molecular formula is C12H14N4OS. The van der Waals surface area contributed by atoms with Crippen LogP contribution in [0.2, 0.25) is 0 Å². The Bertz CT molecular complexity index is 532. The van der Waals surface area contributed by atoms with Gasteiger partial charge in [0, 0.05) is 13.1 Å². The van der Waals surface area contributed by atoms with Crippen molar-refractivity contribution in [2.75, 3.05) is 13.1 Å². The molecule has 2 aromatic heterocycles. The third kappa shape index (κ3) is 2.53. The number of rotatable bonds is 3. The second-order valence-corrected chi connectivity index (χ2v) is 4.93. The Balaban J connectivity index is 1.62. The molecule has 94 valence electrons. The fourth-order valence-corrected chi connectivity index (χ4v) is 2.38. The Morgan fingerprint density at radius 3 is 3.28 bits per heavy atom. The zero-order valence-electron chi connectivity index (χ0n) is 9.85. The largest absolute Gasteiger partial charge is 0.443 e. The molecule has 5 nitrogen and oxygen atoms in total. The van der Waals surface area contributed by atoms with Gasteiger partial charge in [-0.25, -0.2) is 4.98 Å². The molecule has 18 heavy (non-hydrogen) atoms. The van der Waals surface area contributed by atoms with E-state index in [0.717, 1.165) is 36.0 Å². The highest BCUT2D eigenvalue weighted by molar-refractivity contribution is 7.13. The van der Waals surface area contributed by atoms with Crippen LogP contribution in [0.3, 0.4) is 0 Å². The van der Waals surface area contributed by atoms with Crippen LogP contribution in [0.1, 0.15) is 12.1 Å². The van der Waals surface area contributed by atoms with Crippen LogP contribution >= 0.6 is 11.3 Å². The number of hydrogen-bond acceptors (Lipinski definition) is 6. The predicted octanol–water partition coefficient (Wildman–Crippen LogP) is 1.84. The van der Waals surface area contributed by atoms with Gasteiger partial charge < -0.3 is 15.1 Å². The maximum absolute atomic E-state index is 5.45. The fraction of sp³-hybridized carbons (Fsp3) is 0.333. The van der Waals surface area contributed by atoms with Crippen molar-refractivity contribution in [3.05, 3.63) is 29.5 Å². The third-order valence-electron chi connectivity index (χ3n) is 2.62. The minimum absolute atomic E-state index is 0.626. The number of nitrogens with zero attached hydrogens (tertiary/aromatic N) is 2. The zero-order valence-corrected chi connectivity index (χ0v) is 10.7. The summed E-state index contributed by atoms with van der Waals surface area (Å²) >= 11 is 1.62. The van der Waals surface area contributed by atoms with E-state index in [2.05, 4.69) is 20.6 Å². The van der Waals surface area contributed by atoms with Gasteiger partial charge in [0.05, 0.1) is 17.1 Å². The second kappa shape index (κ2) is 5.22. The normalized spacial score (nSPS) is 15.0. The van der Waals surface area contributed by atoms with Gasteiger partial charge in [0.2, 0.25) is 5.89 Å². The van der Waals surface area contributed by atoms with E-state index in [1.165, 1.54) is 0 Å². The van der Waals surface area contributed by atoms with Crippen LogP contribution in [-0.2, 0) is 6.54 Å². The number of guanidine groups is 1. The number of aromatic nitrogens is 1. The van der Waals surface area contributed by atoms with Crippen LogP contribution in [0.4, 0.5) is 0 Å². The standard InChI is InChI=1S/C12H14N4OS/c1-3-10(18-6-1)11-16-9(8-17-11)7-15-12-13-4-2-5-14-12/h1,3,6,8H,2,4-5,7H2,(H2,13,14,15). The summed E-state index contributed by atoms with van der Waals surface area (Å²) in [4.78, 5) is 9.83. The summed E-state index contributed by atoms with van der Waals surface area (Å²) in [6.07, 6.45) is 2.78. The summed E-state index contributed by atoms with van der Waals surface area (Å²) in [5, 5.41) is 8.43. The number of oxazole rings is 1. The Morgan fingerprint density at radius 1 is 1.50 bits per heavy atom. The van der Waals surface area contributed by atoms with Crippen LogP contribution in [0, 0.1) is 0 Å². The van der Waals surface area contributed by atoms with Crippen LogP contribution in [0.25, 0.3) is 10.8 Å². The highest BCUT2D eigenvalue weighted by Gasteiger charge is 2.08. The van der Waals surface area contributed by atoms with Crippen LogP contribution in [0.5, 0.6) is 0 Å². The monoisotopic (exact) mass is 262 g/mol. The summed E-state index contributed by atoms with van der Waals surface area (Å²) in [7, 11) is 0. The van der Waals surface area contributed by atoms with E-state index in [4.69, 9.17) is 4.42 Å². The lowest BCUT2D eigenvalue weighted by molar-refractivity contribution is 0.573. The fourth-order valence-electron chi connectivity index (χ4n) is 1.73. The summed E-state index contributed by atoms with van der Waals surface area (Å²) in [5.74, 6) is 1.53. The number of nitrogens with one attached hydrogen (secondary N) is 2. The van der Waals surface area contributed by atoms with E-state index in [1.807, 2.05) is 17.5 Å². The third-order valence-corrected chi connectivity index (χ3v) is 3.48. The van der Waals surface area contributed by atoms with Crippen molar-refractivity contribution in [1.82, 2.24) is 15.6 Å². The van der Waals surface area contributed by atoms with Crippen molar-refractivity contribution < 1.29 is 4.42 Å². The number of hydrogen-bond donors (Lipinski definition) is 2. The average molecular weight is 262 g/mol. The van der Waals surface area contributed by atoms with Gasteiger partial charge in [0.25, 0.3) is 0 Å². The molecular weight excluding hydrogens is 248 g/mol. The lowest BCUT2D eigenvalue weighted by Gasteiger charge is -2.14. The average Bonchev–Trinajstić information content (AvgIpc) is 3.08. The molecule has 0 spiro atoms. The summed E-state index contributed by atoms with van der Waals surface area (Å²) < 4.78 is 5.45. The molecule has 1 aliphatic rings. The Kier molecular flexibility index (Phi) is 3.27. The first-order valence-corrected chi connectivity index (χ1v) is 6.80. The smallest absolute Gasteiger partial charge is 0.236 e.